The second-order valence-electron chi connectivity index (χ2n) is 5.69. The smallest absolute Gasteiger partial charge is 0.280 e. The summed E-state index contributed by atoms with van der Waals surface area (Å²) in [5.41, 5.74) is 0.260. The van der Waals surface area contributed by atoms with Crippen LogP contribution in [0.2, 0.25) is 0 Å². The van der Waals surface area contributed by atoms with Gasteiger partial charge in [-0.1, -0.05) is 12.1 Å². The average molecular weight is 373 g/mol. The van der Waals surface area contributed by atoms with Crippen molar-refractivity contribution in [2.45, 2.75) is 17.7 Å². The molecular formula is C16H15N5O4S. The van der Waals surface area contributed by atoms with Crippen molar-refractivity contribution in [1.82, 2.24) is 19.1 Å². The second kappa shape index (κ2) is 6.71. The largest absolute Gasteiger partial charge is 0.332 e. The van der Waals surface area contributed by atoms with Crippen molar-refractivity contribution in [1.29, 1.82) is 0 Å². The number of nitro groups is 1. The first-order valence-electron chi connectivity index (χ1n) is 7.60. The van der Waals surface area contributed by atoms with Gasteiger partial charge in [0, 0.05) is 32.0 Å². The summed E-state index contributed by atoms with van der Waals surface area (Å²) in [7, 11) is 2.97. The van der Waals surface area contributed by atoms with Gasteiger partial charge in [0.2, 0.25) is 0 Å². The lowest BCUT2D eigenvalue weighted by Gasteiger charge is -2.10. The molecule has 2 heterocycles. The minimum atomic E-state index is -0.456. The van der Waals surface area contributed by atoms with Crippen LogP contribution in [0.1, 0.15) is 11.4 Å². The van der Waals surface area contributed by atoms with Gasteiger partial charge in [-0.3, -0.25) is 24.0 Å². The minimum Gasteiger partial charge on any atom is -0.280 e. The van der Waals surface area contributed by atoms with E-state index in [4.69, 9.17) is 0 Å². The molecule has 0 fully saturated rings. The molecule has 10 heteroatoms. The van der Waals surface area contributed by atoms with Gasteiger partial charge in [-0.25, -0.2) is 14.8 Å². The molecule has 26 heavy (non-hydrogen) atoms. The molecule has 3 rings (SSSR count). The Balaban J connectivity index is 2.04. The fourth-order valence-corrected chi connectivity index (χ4v) is 3.52. The highest BCUT2D eigenvalue weighted by atomic mass is 32.2. The van der Waals surface area contributed by atoms with Crippen molar-refractivity contribution in [3.05, 3.63) is 66.6 Å². The van der Waals surface area contributed by atoms with E-state index < -0.39 is 16.2 Å². The molecule has 0 saturated heterocycles. The van der Waals surface area contributed by atoms with E-state index in [2.05, 4.69) is 9.97 Å². The summed E-state index contributed by atoms with van der Waals surface area (Å²) in [6.45, 7) is 1.69. The molecule has 0 bridgehead atoms. The van der Waals surface area contributed by atoms with Crippen molar-refractivity contribution < 1.29 is 4.92 Å². The zero-order chi connectivity index (χ0) is 19.0. The highest BCUT2D eigenvalue weighted by molar-refractivity contribution is 7.98. The summed E-state index contributed by atoms with van der Waals surface area (Å²) in [5, 5.41) is 11.5. The normalized spacial score (nSPS) is 11.0. The van der Waals surface area contributed by atoms with Crippen molar-refractivity contribution in [2.75, 3.05) is 0 Å². The standard InChI is InChI=1S/C16H15N5O4S/c1-9-17-13-12(15(22)20(3)16(23)19(13)2)14(18-9)26-8-10-4-6-11(7-5-10)21(24)25/h4-7H,8H2,1-3H3. The Bertz CT molecular complexity index is 1130. The number of rotatable bonds is 4. The molecule has 0 atom stereocenters. The number of nitro benzene ring substituents is 1. The van der Waals surface area contributed by atoms with E-state index in [9.17, 15) is 19.7 Å². The Kier molecular flexibility index (Phi) is 4.60. The molecule has 0 unspecified atom stereocenters. The van der Waals surface area contributed by atoms with Crippen LogP contribution in [-0.4, -0.2) is 24.0 Å². The van der Waals surface area contributed by atoms with E-state index >= 15 is 0 Å². The highest BCUT2D eigenvalue weighted by Crippen LogP contribution is 2.26. The van der Waals surface area contributed by atoms with Crippen LogP contribution in [0, 0.1) is 17.0 Å². The molecule has 1 aromatic carbocycles. The molecular weight excluding hydrogens is 358 g/mol. The van der Waals surface area contributed by atoms with Gasteiger partial charge in [0.25, 0.3) is 11.2 Å². The Morgan fingerprint density at radius 2 is 1.77 bits per heavy atom. The lowest BCUT2D eigenvalue weighted by Crippen LogP contribution is -2.37. The number of non-ortho nitro benzene ring substituents is 1. The maximum atomic E-state index is 12.5. The van der Waals surface area contributed by atoms with Crippen LogP contribution in [0.4, 0.5) is 5.69 Å². The molecule has 3 aromatic rings. The van der Waals surface area contributed by atoms with E-state index in [1.54, 1.807) is 26.1 Å². The highest BCUT2D eigenvalue weighted by Gasteiger charge is 2.16. The summed E-state index contributed by atoms with van der Waals surface area (Å²) in [6, 6.07) is 6.19. The van der Waals surface area contributed by atoms with E-state index in [1.807, 2.05) is 0 Å². The molecule has 0 aliphatic heterocycles. The summed E-state index contributed by atoms with van der Waals surface area (Å²) in [5.74, 6) is 0.919. The van der Waals surface area contributed by atoms with Crippen molar-refractivity contribution in [2.24, 2.45) is 14.1 Å². The van der Waals surface area contributed by atoms with Crippen molar-refractivity contribution in [3.63, 3.8) is 0 Å². The van der Waals surface area contributed by atoms with Crippen LogP contribution in [0.15, 0.2) is 38.9 Å². The Labute approximate surface area is 151 Å². The van der Waals surface area contributed by atoms with E-state index in [1.165, 1.54) is 35.5 Å². The molecule has 0 amide bonds. The van der Waals surface area contributed by atoms with Gasteiger partial charge < -0.3 is 0 Å². The molecule has 0 spiro atoms. The van der Waals surface area contributed by atoms with Gasteiger partial charge in [-0.05, 0) is 12.5 Å². The first-order valence-corrected chi connectivity index (χ1v) is 8.58. The molecule has 2 aromatic heterocycles. The summed E-state index contributed by atoms with van der Waals surface area (Å²) < 4.78 is 2.35. The summed E-state index contributed by atoms with van der Waals surface area (Å²) in [6.07, 6.45) is 0. The summed E-state index contributed by atoms with van der Waals surface area (Å²) in [4.78, 5) is 43.5. The molecule has 0 aliphatic rings. The van der Waals surface area contributed by atoms with E-state index in [-0.39, 0.29) is 16.7 Å². The maximum Gasteiger partial charge on any atom is 0.332 e. The third kappa shape index (κ3) is 3.10. The molecule has 0 N–H and O–H groups in total. The maximum absolute atomic E-state index is 12.5. The fourth-order valence-electron chi connectivity index (χ4n) is 2.50. The lowest BCUT2D eigenvalue weighted by atomic mass is 10.2. The third-order valence-electron chi connectivity index (χ3n) is 3.90. The number of fused-ring (bicyclic) bond motifs is 1. The number of thioether (sulfide) groups is 1. The topological polar surface area (TPSA) is 113 Å². The van der Waals surface area contributed by atoms with Gasteiger partial charge in [0.1, 0.15) is 16.2 Å². The van der Waals surface area contributed by atoms with Crippen LogP contribution in [0.25, 0.3) is 11.0 Å². The molecule has 0 saturated carbocycles. The van der Waals surface area contributed by atoms with Crippen LogP contribution >= 0.6 is 11.8 Å². The van der Waals surface area contributed by atoms with E-state index in [0.717, 1.165) is 10.1 Å². The fraction of sp³-hybridized carbons (Fsp3) is 0.250. The predicted octanol–water partition coefficient (Wildman–Crippen LogP) is 1.54. The monoisotopic (exact) mass is 373 g/mol. The van der Waals surface area contributed by atoms with E-state index in [0.29, 0.717) is 16.6 Å². The van der Waals surface area contributed by atoms with Gasteiger partial charge in [0.15, 0.2) is 5.65 Å². The zero-order valence-electron chi connectivity index (χ0n) is 14.3. The van der Waals surface area contributed by atoms with Crippen molar-refractivity contribution >= 4 is 28.5 Å². The minimum absolute atomic E-state index is 0.0194. The van der Waals surface area contributed by atoms with Gasteiger partial charge in [-0.2, -0.15) is 0 Å². The number of hydrogen-bond acceptors (Lipinski definition) is 7. The average Bonchev–Trinajstić information content (AvgIpc) is 2.62. The number of benzene rings is 1. The quantitative estimate of drug-likeness (QED) is 0.295. The zero-order valence-corrected chi connectivity index (χ0v) is 15.1. The third-order valence-corrected chi connectivity index (χ3v) is 4.95. The van der Waals surface area contributed by atoms with Crippen LogP contribution in [0.3, 0.4) is 0 Å². The Morgan fingerprint density at radius 1 is 1.12 bits per heavy atom. The van der Waals surface area contributed by atoms with Crippen molar-refractivity contribution in [3.8, 4) is 0 Å². The summed E-state index contributed by atoms with van der Waals surface area (Å²) >= 11 is 1.32. The van der Waals surface area contributed by atoms with Gasteiger partial charge in [-0.15, -0.1) is 11.8 Å². The van der Waals surface area contributed by atoms with Crippen LogP contribution < -0.4 is 11.2 Å². The Morgan fingerprint density at radius 3 is 2.38 bits per heavy atom. The first kappa shape index (κ1) is 17.8. The molecule has 9 nitrogen and oxygen atoms in total. The Hall–Kier alpha value is -3.01. The molecule has 0 aliphatic carbocycles. The number of aryl methyl sites for hydroxylation is 2. The number of hydrogen-bond donors (Lipinski definition) is 0. The molecule has 0 radical (unpaired) electrons. The molecule has 134 valence electrons. The first-order chi connectivity index (χ1) is 12.3. The predicted molar refractivity (Wildman–Crippen MR) is 97.4 cm³/mol. The van der Waals surface area contributed by atoms with Crippen LogP contribution in [0.5, 0.6) is 0 Å². The van der Waals surface area contributed by atoms with Gasteiger partial charge >= 0.3 is 5.69 Å². The van der Waals surface area contributed by atoms with Crippen LogP contribution in [-0.2, 0) is 19.8 Å². The second-order valence-corrected chi connectivity index (χ2v) is 6.66. The lowest BCUT2D eigenvalue weighted by molar-refractivity contribution is -0.384. The number of nitrogens with zero attached hydrogens (tertiary/aromatic N) is 5. The number of aromatic nitrogens is 4. The SMILES string of the molecule is Cc1nc(SCc2ccc([N+](=O)[O-])cc2)c2c(=O)n(C)c(=O)n(C)c2n1. The van der Waals surface area contributed by atoms with Gasteiger partial charge in [0.05, 0.1) is 4.92 Å².